The predicted molar refractivity (Wildman–Crippen MR) is 251 cm³/mol. The van der Waals surface area contributed by atoms with E-state index in [-0.39, 0.29) is 30.8 Å². The SMILES string of the molecule is CCCc1nc(COc2ccc(Sc3ccc4nc(COc5ccc(CC6SC(=O)NC6=O)cc5)n(C)c4c3)cc2)c(CCC(=O)O)n1Cc1ccc(-c2ccccc2)c(-c2nn[nH]n2)c1. The summed E-state index contributed by atoms with van der Waals surface area (Å²) in [7, 11) is 1.97. The zero-order valence-electron chi connectivity index (χ0n) is 36.1. The van der Waals surface area contributed by atoms with Gasteiger partial charge in [-0.3, -0.25) is 19.7 Å². The molecule has 1 saturated heterocycles. The standard InChI is InChI=1S/C49H45N9O6S2/c1-3-7-44-51-40(41(22-23-46(59)60)58(44)27-31-12-20-37(32-8-5-4-6-9-32)38(24-31)47-53-55-56-54-47)28-63-34-15-17-35(18-16-34)65-36-19-21-39-42(26-36)57(2)45(50-39)29-64-33-13-10-30(11-14-33)25-43-48(61)52-49(62)66-43/h4-6,8-21,24,26,43H,3,7,22-23,25,27-29H2,1-2H3,(H,59,60)(H,52,61,62)(H,53,54,55,56). The second-order valence-corrected chi connectivity index (χ2v) is 18.1. The lowest BCUT2D eigenvalue weighted by Crippen LogP contribution is -2.25. The molecular formula is C49H45N9O6S2. The van der Waals surface area contributed by atoms with Crippen LogP contribution in [0.5, 0.6) is 11.5 Å². The molecule has 0 bridgehead atoms. The first-order chi connectivity index (χ1) is 32.2. The van der Waals surface area contributed by atoms with Gasteiger partial charge in [0.1, 0.15) is 36.4 Å². The van der Waals surface area contributed by atoms with Gasteiger partial charge >= 0.3 is 5.97 Å². The topological polar surface area (TPSA) is 192 Å². The number of fused-ring (bicyclic) bond motifs is 1. The number of tetrazole rings is 1. The Kier molecular flexibility index (Phi) is 13.2. The van der Waals surface area contributed by atoms with E-state index < -0.39 is 11.2 Å². The molecule has 334 valence electrons. The number of aryl methyl sites for hydroxylation is 2. The molecule has 0 aliphatic carbocycles. The Morgan fingerprint density at radius 1 is 0.818 bits per heavy atom. The number of carboxylic acids is 1. The summed E-state index contributed by atoms with van der Waals surface area (Å²) in [5.74, 6) is 2.37. The number of aliphatic carboxylic acids is 1. The molecule has 1 aliphatic heterocycles. The highest BCUT2D eigenvalue weighted by Crippen LogP contribution is 2.34. The minimum Gasteiger partial charge on any atom is -0.487 e. The van der Waals surface area contributed by atoms with E-state index in [1.165, 1.54) is 0 Å². The number of hydrogen-bond donors (Lipinski definition) is 3. The van der Waals surface area contributed by atoms with E-state index in [0.717, 1.165) is 96.3 Å². The molecule has 3 aromatic heterocycles. The number of nitrogens with zero attached hydrogens (tertiary/aromatic N) is 7. The molecule has 0 spiro atoms. The molecule has 4 heterocycles. The number of benzene rings is 5. The fourth-order valence-corrected chi connectivity index (χ4v) is 9.64. The maximum Gasteiger partial charge on any atom is 0.303 e. The number of carbonyl (C=O) groups is 3. The summed E-state index contributed by atoms with van der Waals surface area (Å²) in [6.07, 6.45) is 2.32. The third-order valence-corrected chi connectivity index (χ3v) is 13.2. The Bertz CT molecular complexity index is 3010. The van der Waals surface area contributed by atoms with Crippen molar-refractivity contribution in [3.05, 3.63) is 149 Å². The third kappa shape index (κ3) is 10.2. The van der Waals surface area contributed by atoms with Crippen molar-refractivity contribution in [2.75, 3.05) is 0 Å². The van der Waals surface area contributed by atoms with Crippen LogP contribution in [0.1, 0.15) is 53.9 Å². The summed E-state index contributed by atoms with van der Waals surface area (Å²) in [6, 6.07) is 37.9. The van der Waals surface area contributed by atoms with E-state index in [0.29, 0.717) is 36.7 Å². The van der Waals surface area contributed by atoms with Gasteiger partial charge < -0.3 is 23.7 Å². The molecule has 3 N–H and O–H groups in total. The van der Waals surface area contributed by atoms with Crippen molar-refractivity contribution in [2.45, 2.75) is 73.8 Å². The summed E-state index contributed by atoms with van der Waals surface area (Å²) in [4.78, 5) is 47.3. The average molecular weight is 920 g/mol. The number of aromatic amines is 1. The lowest BCUT2D eigenvalue weighted by molar-refractivity contribution is -0.137. The molecule has 0 radical (unpaired) electrons. The second-order valence-electron chi connectivity index (χ2n) is 15.8. The number of rotatable bonds is 19. The van der Waals surface area contributed by atoms with E-state index >= 15 is 0 Å². The first-order valence-corrected chi connectivity index (χ1v) is 23.2. The zero-order chi connectivity index (χ0) is 45.6. The van der Waals surface area contributed by atoms with Gasteiger partial charge in [0.2, 0.25) is 11.7 Å². The molecule has 1 aliphatic rings. The first-order valence-electron chi connectivity index (χ1n) is 21.5. The van der Waals surface area contributed by atoms with Gasteiger partial charge in [-0.15, -0.1) is 10.2 Å². The van der Waals surface area contributed by atoms with Gasteiger partial charge in [0.05, 0.1) is 28.4 Å². The van der Waals surface area contributed by atoms with Crippen molar-refractivity contribution in [2.24, 2.45) is 7.05 Å². The molecule has 66 heavy (non-hydrogen) atoms. The first kappa shape index (κ1) is 44.0. The summed E-state index contributed by atoms with van der Waals surface area (Å²) >= 11 is 2.65. The van der Waals surface area contributed by atoms with Gasteiger partial charge in [0, 0.05) is 47.5 Å². The number of imide groups is 1. The van der Waals surface area contributed by atoms with E-state index in [1.807, 2.05) is 96.5 Å². The normalized spacial score (nSPS) is 13.6. The molecule has 9 rings (SSSR count). The average Bonchev–Trinajstić information content (AvgIpc) is 4.12. The number of amides is 2. The molecule has 15 nitrogen and oxygen atoms in total. The maximum absolute atomic E-state index is 12.0. The number of hydrogen-bond acceptors (Lipinski definition) is 12. The predicted octanol–water partition coefficient (Wildman–Crippen LogP) is 8.84. The largest absolute Gasteiger partial charge is 0.487 e. The van der Waals surface area contributed by atoms with E-state index in [1.54, 1.807) is 11.8 Å². The number of H-pyrrole nitrogens is 1. The van der Waals surface area contributed by atoms with Crippen LogP contribution in [-0.4, -0.2) is 67.2 Å². The van der Waals surface area contributed by atoms with Crippen LogP contribution in [0.25, 0.3) is 33.5 Å². The van der Waals surface area contributed by atoms with Gasteiger partial charge in [0.15, 0.2) is 0 Å². The maximum atomic E-state index is 12.0. The summed E-state index contributed by atoms with van der Waals surface area (Å²) in [6.45, 7) is 3.04. The Morgan fingerprint density at radius 2 is 1.56 bits per heavy atom. The molecule has 5 aromatic carbocycles. The molecule has 17 heteroatoms. The molecule has 1 atom stereocenters. The Morgan fingerprint density at radius 3 is 2.27 bits per heavy atom. The molecule has 0 saturated carbocycles. The lowest BCUT2D eigenvalue weighted by atomic mass is 9.97. The van der Waals surface area contributed by atoms with Crippen molar-refractivity contribution >= 4 is 51.7 Å². The van der Waals surface area contributed by atoms with E-state index in [4.69, 9.17) is 19.4 Å². The number of imidazole rings is 2. The molecule has 8 aromatic rings. The van der Waals surface area contributed by atoms with Crippen LogP contribution in [0.15, 0.2) is 125 Å². The number of ether oxygens (including phenoxy) is 2. The van der Waals surface area contributed by atoms with Gasteiger partial charge in [-0.2, -0.15) is 5.21 Å². The Labute approximate surface area is 388 Å². The van der Waals surface area contributed by atoms with E-state index in [2.05, 4.69) is 67.8 Å². The minimum atomic E-state index is -0.878. The fourth-order valence-electron chi connectivity index (χ4n) is 7.93. The van der Waals surface area contributed by atoms with Crippen molar-refractivity contribution in [1.82, 2.24) is 45.0 Å². The second kappa shape index (κ2) is 19.9. The highest BCUT2D eigenvalue weighted by Gasteiger charge is 2.31. The number of carboxylic acid groups (broad SMARTS) is 1. The van der Waals surface area contributed by atoms with Gasteiger partial charge in [-0.05, 0) is 101 Å². The van der Waals surface area contributed by atoms with Crippen LogP contribution in [0, 0.1) is 0 Å². The molecule has 1 unspecified atom stereocenters. The summed E-state index contributed by atoms with van der Waals surface area (Å²) in [5, 5.41) is 26.3. The van der Waals surface area contributed by atoms with Crippen LogP contribution < -0.4 is 14.8 Å². The highest BCUT2D eigenvalue weighted by molar-refractivity contribution is 8.15. The Balaban J connectivity index is 0.860. The third-order valence-electron chi connectivity index (χ3n) is 11.2. The minimum absolute atomic E-state index is 0.0404. The smallest absolute Gasteiger partial charge is 0.303 e. The van der Waals surface area contributed by atoms with Crippen molar-refractivity contribution in [1.29, 1.82) is 0 Å². The van der Waals surface area contributed by atoms with Crippen LogP contribution in [0.2, 0.25) is 0 Å². The van der Waals surface area contributed by atoms with Crippen LogP contribution >= 0.6 is 23.5 Å². The van der Waals surface area contributed by atoms with Gasteiger partial charge in [-0.1, -0.05) is 85.0 Å². The molecular weight excluding hydrogens is 875 g/mol. The summed E-state index contributed by atoms with van der Waals surface area (Å²) in [5.41, 5.74) is 8.19. The Hall–Kier alpha value is -7.24. The highest BCUT2D eigenvalue weighted by atomic mass is 32.2. The van der Waals surface area contributed by atoms with E-state index in [9.17, 15) is 19.5 Å². The summed E-state index contributed by atoms with van der Waals surface area (Å²) < 4.78 is 16.6. The van der Waals surface area contributed by atoms with Gasteiger partial charge in [-0.25, -0.2) is 9.97 Å². The lowest BCUT2D eigenvalue weighted by Gasteiger charge is -2.15. The quantitative estimate of drug-likeness (QED) is 0.0698. The van der Waals surface area contributed by atoms with Crippen LogP contribution in [-0.2, 0) is 55.7 Å². The van der Waals surface area contributed by atoms with Crippen LogP contribution in [0.3, 0.4) is 0 Å². The van der Waals surface area contributed by atoms with Crippen molar-refractivity contribution in [3.63, 3.8) is 0 Å². The number of thioether (sulfide) groups is 1. The number of carbonyl (C=O) groups excluding carboxylic acids is 2. The van der Waals surface area contributed by atoms with Gasteiger partial charge in [0.25, 0.3) is 5.24 Å². The molecule has 2 amide bonds. The van der Waals surface area contributed by atoms with Crippen molar-refractivity contribution < 1.29 is 29.0 Å². The zero-order valence-corrected chi connectivity index (χ0v) is 37.8. The number of aromatic nitrogens is 8. The molecule has 1 fully saturated rings. The monoisotopic (exact) mass is 919 g/mol. The van der Waals surface area contributed by atoms with Crippen LogP contribution in [0.4, 0.5) is 4.79 Å². The van der Waals surface area contributed by atoms with Crippen molar-refractivity contribution in [3.8, 4) is 34.0 Å². The number of nitrogens with one attached hydrogen (secondary N) is 2. The fraction of sp³-hybridized carbons (Fsp3) is 0.224.